The van der Waals surface area contributed by atoms with E-state index in [1.165, 1.54) is 96.8 Å². The standard InChI is InChI=1S/C30H50N4O4S3/c1-3-4-5-6-7-8-9-10-11-12-13-14-15-16-17-18-22-25-28(40(36)27-23-20-19-21-24-27)34-41(37,38)30-33-32-29(39-30)31-26(2)35/h19-21,23-24,28,34H,3-18,22,25H2,1-2H3,(H,31,32,35). The summed E-state index contributed by atoms with van der Waals surface area (Å²) in [6.07, 6.45) is 22.0. The van der Waals surface area contributed by atoms with Crippen LogP contribution >= 0.6 is 11.3 Å². The molecule has 0 bridgehead atoms. The van der Waals surface area contributed by atoms with Crippen molar-refractivity contribution in [1.29, 1.82) is 0 Å². The average molecular weight is 627 g/mol. The smallest absolute Gasteiger partial charge is 0.273 e. The number of rotatable bonds is 24. The molecule has 41 heavy (non-hydrogen) atoms. The highest BCUT2D eigenvalue weighted by Crippen LogP contribution is 2.24. The molecule has 8 nitrogen and oxygen atoms in total. The molecular weight excluding hydrogens is 577 g/mol. The van der Waals surface area contributed by atoms with Gasteiger partial charge in [-0.05, 0) is 18.6 Å². The first-order chi connectivity index (χ1) is 19.8. The minimum Gasteiger partial charge on any atom is -0.610 e. The Kier molecular flexibility index (Phi) is 18.4. The van der Waals surface area contributed by atoms with Crippen molar-refractivity contribution in [3.05, 3.63) is 30.3 Å². The molecule has 0 saturated heterocycles. The van der Waals surface area contributed by atoms with Crippen molar-refractivity contribution in [2.75, 3.05) is 5.32 Å². The molecule has 232 valence electrons. The SMILES string of the molecule is CCCCCCCCCCCCCCCCCCCC(NS(=O)(=O)c1nnc(NC(C)=O)s1)[S+]([O-])c1ccccc1. The average Bonchev–Trinajstić information content (AvgIpc) is 3.43. The number of nitrogens with zero attached hydrogens (tertiary/aromatic N) is 2. The third kappa shape index (κ3) is 15.5. The van der Waals surface area contributed by atoms with Gasteiger partial charge >= 0.3 is 0 Å². The van der Waals surface area contributed by atoms with Gasteiger partial charge in [0.05, 0.1) is 0 Å². The van der Waals surface area contributed by atoms with E-state index in [4.69, 9.17) is 0 Å². The van der Waals surface area contributed by atoms with Gasteiger partial charge in [0.2, 0.25) is 15.4 Å². The number of carbonyl (C=O) groups excluding carboxylic acids is 1. The van der Waals surface area contributed by atoms with E-state index in [9.17, 15) is 17.8 Å². The molecule has 0 spiro atoms. The summed E-state index contributed by atoms with van der Waals surface area (Å²) in [5, 5.41) is 9.20. The molecule has 2 N–H and O–H groups in total. The van der Waals surface area contributed by atoms with Crippen LogP contribution in [0.15, 0.2) is 39.6 Å². The van der Waals surface area contributed by atoms with Crippen LogP contribution in [-0.2, 0) is 26.0 Å². The predicted octanol–water partition coefficient (Wildman–Crippen LogP) is 7.95. The van der Waals surface area contributed by atoms with Gasteiger partial charge in [-0.15, -0.1) is 10.2 Å². The highest BCUT2D eigenvalue weighted by atomic mass is 32.2. The number of unbranched alkanes of at least 4 members (excludes halogenated alkanes) is 16. The normalized spacial score (nSPS) is 13.2. The van der Waals surface area contributed by atoms with Gasteiger partial charge in [-0.2, -0.15) is 4.72 Å². The lowest BCUT2D eigenvalue weighted by Gasteiger charge is -2.21. The molecule has 0 aliphatic carbocycles. The highest BCUT2D eigenvalue weighted by molar-refractivity contribution is 7.95. The van der Waals surface area contributed by atoms with E-state index in [-0.39, 0.29) is 15.4 Å². The van der Waals surface area contributed by atoms with Crippen LogP contribution in [0.3, 0.4) is 0 Å². The predicted molar refractivity (Wildman–Crippen MR) is 170 cm³/mol. The number of benzene rings is 1. The van der Waals surface area contributed by atoms with E-state index < -0.39 is 26.6 Å². The number of hydrogen-bond donors (Lipinski definition) is 2. The molecular formula is C30H50N4O4S3. The number of nitrogens with one attached hydrogen (secondary N) is 2. The molecule has 2 unspecified atom stereocenters. The third-order valence-electron chi connectivity index (χ3n) is 7.01. The van der Waals surface area contributed by atoms with Gasteiger partial charge in [0, 0.05) is 24.5 Å². The summed E-state index contributed by atoms with van der Waals surface area (Å²) in [5.74, 6) is -0.361. The Labute approximate surface area is 255 Å². The zero-order valence-electron chi connectivity index (χ0n) is 24.9. The number of amides is 1. The molecule has 2 atom stereocenters. The van der Waals surface area contributed by atoms with Gasteiger partial charge < -0.3 is 9.87 Å². The molecule has 1 aromatic heterocycles. The van der Waals surface area contributed by atoms with E-state index in [1.807, 2.05) is 6.07 Å². The molecule has 1 heterocycles. The van der Waals surface area contributed by atoms with Crippen molar-refractivity contribution in [3.8, 4) is 0 Å². The number of aromatic nitrogens is 2. The Bertz CT molecular complexity index is 1070. The van der Waals surface area contributed by atoms with E-state index in [2.05, 4.69) is 27.2 Å². The highest BCUT2D eigenvalue weighted by Gasteiger charge is 2.32. The maximum absolute atomic E-state index is 13.3. The first-order valence-corrected chi connectivity index (χ1v) is 18.9. The Morgan fingerprint density at radius 1 is 0.829 bits per heavy atom. The first-order valence-electron chi connectivity index (χ1n) is 15.4. The summed E-state index contributed by atoms with van der Waals surface area (Å²) >= 11 is -0.801. The molecule has 0 aliphatic rings. The monoisotopic (exact) mass is 626 g/mol. The van der Waals surface area contributed by atoms with Crippen LogP contribution in [0.5, 0.6) is 0 Å². The first kappa shape index (κ1) is 35.7. The van der Waals surface area contributed by atoms with Gasteiger partial charge in [0.15, 0.2) is 10.3 Å². The van der Waals surface area contributed by atoms with E-state index in [0.717, 1.165) is 30.6 Å². The zero-order valence-corrected chi connectivity index (χ0v) is 27.4. The Morgan fingerprint density at radius 2 is 1.32 bits per heavy atom. The summed E-state index contributed by atoms with van der Waals surface area (Å²) < 4.78 is 41.7. The Hall–Kier alpha value is -1.53. The maximum Gasteiger partial charge on any atom is 0.273 e. The van der Waals surface area contributed by atoms with Crippen LogP contribution in [0.4, 0.5) is 5.13 Å². The Morgan fingerprint density at radius 3 is 1.80 bits per heavy atom. The fraction of sp³-hybridized carbons (Fsp3) is 0.700. The zero-order chi connectivity index (χ0) is 29.8. The second kappa shape index (κ2) is 21.2. The summed E-state index contributed by atoms with van der Waals surface area (Å²) in [6.45, 7) is 3.58. The molecule has 1 amide bonds. The van der Waals surface area contributed by atoms with Crippen molar-refractivity contribution in [1.82, 2.24) is 14.9 Å². The fourth-order valence-electron chi connectivity index (χ4n) is 4.73. The molecule has 0 aliphatic heterocycles. The van der Waals surface area contributed by atoms with Crippen molar-refractivity contribution >= 4 is 43.6 Å². The summed E-state index contributed by atoms with van der Waals surface area (Å²) in [4.78, 5) is 11.8. The van der Waals surface area contributed by atoms with Crippen LogP contribution in [0.1, 0.15) is 129 Å². The van der Waals surface area contributed by atoms with Gasteiger partial charge in [-0.3, -0.25) is 4.79 Å². The molecule has 0 saturated carbocycles. The summed E-state index contributed by atoms with van der Waals surface area (Å²) in [7, 11) is -4.05. The molecule has 2 rings (SSSR count). The molecule has 1 aromatic carbocycles. The third-order valence-corrected chi connectivity index (χ3v) is 11.4. The van der Waals surface area contributed by atoms with E-state index in [1.54, 1.807) is 24.3 Å². The molecule has 0 radical (unpaired) electrons. The topological polar surface area (TPSA) is 124 Å². The van der Waals surface area contributed by atoms with Gasteiger partial charge in [-0.25, -0.2) is 8.42 Å². The van der Waals surface area contributed by atoms with Crippen LogP contribution < -0.4 is 10.0 Å². The minimum atomic E-state index is -4.05. The number of sulfonamides is 1. The summed E-state index contributed by atoms with van der Waals surface area (Å²) in [5.41, 5.74) is 0. The minimum absolute atomic E-state index is 0.103. The van der Waals surface area contributed by atoms with Crippen molar-refractivity contribution in [2.24, 2.45) is 0 Å². The number of hydrogen-bond acceptors (Lipinski definition) is 7. The quantitative estimate of drug-likeness (QED) is 0.0692. The van der Waals surface area contributed by atoms with Gasteiger partial charge in [0.1, 0.15) is 0 Å². The largest absolute Gasteiger partial charge is 0.610 e. The van der Waals surface area contributed by atoms with Crippen LogP contribution in [0.25, 0.3) is 0 Å². The van der Waals surface area contributed by atoms with E-state index >= 15 is 0 Å². The summed E-state index contributed by atoms with van der Waals surface area (Å²) in [6, 6.07) is 8.90. The number of anilines is 1. The van der Waals surface area contributed by atoms with Crippen molar-refractivity contribution in [3.63, 3.8) is 0 Å². The molecule has 11 heteroatoms. The van der Waals surface area contributed by atoms with Gasteiger partial charge in [-0.1, -0.05) is 139 Å². The second-order valence-corrected chi connectivity index (χ2v) is 15.2. The lowest BCUT2D eigenvalue weighted by atomic mass is 10.0. The van der Waals surface area contributed by atoms with Crippen LogP contribution in [0.2, 0.25) is 0 Å². The van der Waals surface area contributed by atoms with Crippen LogP contribution in [0, 0.1) is 0 Å². The fourth-order valence-corrected chi connectivity index (χ4v) is 8.65. The van der Waals surface area contributed by atoms with E-state index in [0.29, 0.717) is 11.3 Å². The molecule has 2 aromatic rings. The molecule has 0 fully saturated rings. The second-order valence-electron chi connectivity index (χ2n) is 10.7. The Balaban J connectivity index is 1.67. The lowest BCUT2D eigenvalue weighted by molar-refractivity contribution is -0.114. The lowest BCUT2D eigenvalue weighted by Crippen LogP contribution is -2.40. The van der Waals surface area contributed by atoms with Gasteiger partial charge in [0.25, 0.3) is 10.0 Å². The number of carbonyl (C=O) groups is 1. The maximum atomic E-state index is 13.3. The van der Waals surface area contributed by atoms with Crippen molar-refractivity contribution in [2.45, 2.75) is 144 Å². The van der Waals surface area contributed by atoms with Crippen LogP contribution in [-0.4, -0.2) is 34.4 Å². The van der Waals surface area contributed by atoms with Crippen molar-refractivity contribution < 1.29 is 17.8 Å².